The van der Waals surface area contributed by atoms with Crippen molar-refractivity contribution >= 4 is 5.91 Å². The van der Waals surface area contributed by atoms with Gasteiger partial charge in [-0.1, -0.05) is 19.1 Å². The summed E-state index contributed by atoms with van der Waals surface area (Å²) < 4.78 is 4.98. The first-order valence-corrected chi connectivity index (χ1v) is 6.30. The average molecular weight is 250 g/mol. The topological polar surface area (TPSA) is 64.4 Å². The second kappa shape index (κ2) is 7.84. The van der Waals surface area contributed by atoms with Gasteiger partial charge in [-0.05, 0) is 30.5 Å². The van der Waals surface area contributed by atoms with Crippen LogP contribution in [-0.2, 0) is 11.2 Å². The summed E-state index contributed by atoms with van der Waals surface area (Å²) in [7, 11) is 1.64. The monoisotopic (exact) mass is 250 g/mol. The van der Waals surface area contributed by atoms with E-state index in [0.29, 0.717) is 18.7 Å². The minimum Gasteiger partial charge on any atom is -0.385 e. The molecule has 1 atom stereocenters. The lowest BCUT2D eigenvalue weighted by Crippen LogP contribution is -2.40. The van der Waals surface area contributed by atoms with Gasteiger partial charge in [-0.3, -0.25) is 4.79 Å². The fourth-order valence-corrected chi connectivity index (χ4v) is 1.67. The molecule has 1 aromatic carbocycles. The largest absolute Gasteiger partial charge is 0.385 e. The Morgan fingerprint density at radius 2 is 2.06 bits per heavy atom. The molecule has 0 spiro atoms. The quantitative estimate of drug-likeness (QED) is 0.767. The molecule has 4 nitrogen and oxygen atoms in total. The molecule has 0 aromatic heterocycles. The van der Waals surface area contributed by atoms with Crippen LogP contribution in [0.4, 0.5) is 0 Å². The number of aryl methyl sites for hydroxylation is 1. The first-order valence-electron chi connectivity index (χ1n) is 6.30. The third kappa shape index (κ3) is 4.47. The SMILES string of the molecule is CCc1ccc(C(=O)NC(CN)CCOC)cc1. The van der Waals surface area contributed by atoms with E-state index in [1.165, 1.54) is 5.56 Å². The van der Waals surface area contributed by atoms with Crippen molar-refractivity contribution < 1.29 is 9.53 Å². The van der Waals surface area contributed by atoms with E-state index in [-0.39, 0.29) is 11.9 Å². The predicted molar refractivity (Wildman–Crippen MR) is 72.6 cm³/mol. The molecule has 18 heavy (non-hydrogen) atoms. The Hall–Kier alpha value is -1.39. The average Bonchev–Trinajstić information content (AvgIpc) is 2.43. The summed E-state index contributed by atoms with van der Waals surface area (Å²) in [6.45, 7) is 3.10. The number of hydrogen-bond acceptors (Lipinski definition) is 3. The van der Waals surface area contributed by atoms with Gasteiger partial charge in [0.15, 0.2) is 0 Å². The number of hydrogen-bond donors (Lipinski definition) is 2. The van der Waals surface area contributed by atoms with Gasteiger partial charge >= 0.3 is 0 Å². The zero-order valence-corrected chi connectivity index (χ0v) is 11.1. The van der Waals surface area contributed by atoms with Crippen molar-refractivity contribution in [1.82, 2.24) is 5.32 Å². The molecular weight excluding hydrogens is 228 g/mol. The fourth-order valence-electron chi connectivity index (χ4n) is 1.67. The van der Waals surface area contributed by atoms with Gasteiger partial charge in [-0.2, -0.15) is 0 Å². The lowest BCUT2D eigenvalue weighted by atomic mass is 10.1. The van der Waals surface area contributed by atoms with Crippen LogP contribution in [0.15, 0.2) is 24.3 Å². The second-order valence-electron chi connectivity index (χ2n) is 4.24. The number of carbonyl (C=O) groups excluding carboxylic acids is 1. The summed E-state index contributed by atoms with van der Waals surface area (Å²) in [5.74, 6) is -0.0794. The summed E-state index contributed by atoms with van der Waals surface area (Å²) in [6.07, 6.45) is 1.70. The molecule has 1 unspecified atom stereocenters. The second-order valence-corrected chi connectivity index (χ2v) is 4.24. The summed E-state index contributed by atoms with van der Waals surface area (Å²) in [6, 6.07) is 7.60. The van der Waals surface area contributed by atoms with Crippen molar-refractivity contribution in [2.75, 3.05) is 20.3 Å². The number of rotatable bonds is 7. The summed E-state index contributed by atoms with van der Waals surface area (Å²) in [5, 5.41) is 2.91. The smallest absolute Gasteiger partial charge is 0.251 e. The van der Waals surface area contributed by atoms with Crippen LogP contribution < -0.4 is 11.1 Å². The number of nitrogens with two attached hydrogens (primary N) is 1. The van der Waals surface area contributed by atoms with Crippen LogP contribution in [0.25, 0.3) is 0 Å². The maximum Gasteiger partial charge on any atom is 0.251 e. The van der Waals surface area contributed by atoms with Crippen molar-refractivity contribution in [3.63, 3.8) is 0 Å². The van der Waals surface area contributed by atoms with Gasteiger partial charge in [0.25, 0.3) is 5.91 Å². The van der Waals surface area contributed by atoms with Crippen LogP contribution in [-0.4, -0.2) is 32.2 Å². The molecule has 0 radical (unpaired) electrons. The van der Waals surface area contributed by atoms with E-state index in [0.717, 1.165) is 12.8 Å². The normalized spacial score (nSPS) is 12.2. The lowest BCUT2D eigenvalue weighted by Gasteiger charge is -2.16. The number of ether oxygens (including phenoxy) is 1. The first kappa shape index (κ1) is 14.7. The van der Waals surface area contributed by atoms with Crippen molar-refractivity contribution in [3.8, 4) is 0 Å². The Labute approximate surface area is 109 Å². The summed E-state index contributed by atoms with van der Waals surface area (Å²) in [4.78, 5) is 12.0. The van der Waals surface area contributed by atoms with Crippen molar-refractivity contribution in [1.29, 1.82) is 0 Å². The number of benzene rings is 1. The molecule has 0 fully saturated rings. The molecule has 0 aliphatic carbocycles. The molecule has 3 N–H and O–H groups in total. The molecule has 0 aliphatic rings. The Balaban J connectivity index is 2.56. The highest BCUT2D eigenvalue weighted by Crippen LogP contribution is 2.05. The maximum absolute atomic E-state index is 12.0. The Morgan fingerprint density at radius 1 is 1.39 bits per heavy atom. The van der Waals surface area contributed by atoms with E-state index < -0.39 is 0 Å². The number of carbonyl (C=O) groups is 1. The van der Waals surface area contributed by atoms with E-state index in [9.17, 15) is 4.79 Å². The van der Waals surface area contributed by atoms with Crippen LogP contribution in [0.5, 0.6) is 0 Å². The molecule has 0 saturated carbocycles. The zero-order valence-electron chi connectivity index (χ0n) is 11.1. The fraction of sp³-hybridized carbons (Fsp3) is 0.500. The van der Waals surface area contributed by atoms with Crippen molar-refractivity contribution in [3.05, 3.63) is 35.4 Å². The third-order valence-electron chi connectivity index (χ3n) is 2.91. The molecule has 1 aromatic rings. The summed E-state index contributed by atoms with van der Waals surface area (Å²) >= 11 is 0. The van der Waals surface area contributed by atoms with Gasteiger partial charge in [-0.25, -0.2) is 0 Å². The molecule has 100 valence electrons. The Bertz CT molecular complexity index is 363. The minimum absolute atomic E-state index is 0.0386. The van der Waals surface area contributed by atoms with Crippen LogP contribution in [0, 0.1) is 0 Å². The molecular formula is C14H22N2O2. The lowest BCUT2D eigenvalue weighted by molar-refractivity contribution is 0.0926. The van der Waals surface area contributed by atoms with Crippen LogP contribution in [0.1, 0.15) is 29.3 Å². The van der Waals surface area contributed by atoms with Crippen LogP contribution in [0.3, 0.4) is 0 Å². The first-order chi connectivity index (χ1) is 8.71. The molecule has 0 aliphatic heterocycles. The molecule has 1 amide bonds. The maximum atomic E-state index is 12.0. The van der Waals surface area contributed by atoms with Crippen molar-refractivity contribution in [2.45, 2.75) is 25.8 Å². The van der Waals surface area contributed by atoms with Gasteiger partial charge in [0, 0.05) is 31.9 Å². The number of amides is 1. The van der Waals surface area contributed by atoms with E-state index in [4.69, 9.17) is 10.5 Å². The van der Waals surface area contributed by atoms with Crippen molar-refractivity contribution in [2.24, 2.45) is 5.73 Å². The van der Waals surface area contributed by atoms with E-state index >= 15 is 0 Å². The zero-order chi connectivity index (χ0) is 13.4. The van der Waals surface area contributed by atoms with Gasteiger partial charge in [0.1, 0.15) is 0 Å². The highest BCUT2D eigenvalue weighted by Gasteiger charge is 2.11. The minimum atomic E-state index is -0.0794. The number of nitrogens with one attached hydrogen (secondary N) is 1. The van der Waals surface area contributed by atoms with Crippen LogP contribution >= 0.6 is 0 Å². The number of methoxy groups -OCH3 is 1. The van der Waals surface area contributed by atoms with E-state index in [1.54, 1.807) is 7.11 Å². The van der Waals surface area contributed by atoms with Gasteiger partial charge < -0.3 is 15.8 Å². The summed E-state index contributed by atoms with van der Waals surface area (Å²) in [5.41, 5.74) is 7.51. The predicted octanol–water partition coefficient (Wildman–Crippen LogP) is 1.34. The van der Waals surface area contributed by atoms with Gasteiger partial charge in [0.05, 0.1) is 0 Å². The van der Waals surface area contributed by atoms with Gasteiger partial charge in [-0.15, -0.1) is 0 Å². The Kier molecular flexibility index (Phi) is 6.39. The molecule has 0 saturated heterocycles. The molecule has 4 heteroatoms. The van der Waals surface area contributed by atoms with E-state index in [1.807, 2.05) is 24.3 Å². The highest BCUT2D eigenvalue weighted by atomic mass is 16.5. The molecule has 0 bridgehead atoms. The van der Waals surface area contributed by atoms with Crippen LogP contribution in [0.2, 0.25) is 0 Å². The molecule has 1 rings (SSSR count). The Morgan fingerprint density at radius 3 is 2.56 bits per heavy atom. The van der Waals surface area contributed by atoms with Gasteiger partial charge in [0.2, 0.25) is 0 Å². The standard InChI is InChI=1S/C14H22N2O2/c1-3-11-4-6-12(7-5-11)14(17)16-13(10-15)8-9-18-2/h4-7,13H,3,8-10,15H2,1-2H3,(H,16,17). The molecule has 0 heterocycles. The third-order valence-corrected chi connectivity index (χ3v) is 2.91. The highest BCUT2D eigenvalue weighted by molar-refractivity contribution is 5.94. The van der Waals surface area contributed by atoms with E-state index in [2.05, 4.69) is 12.2 Å².